The lowest BCUT2D eigenvalue weighted by atomic mass is 10.1. The number of rotatable bonds is 4. The summed E-state index contributed by atoms with van der Waals surface area (Å²) in [5.41, 5.74) is 1.63. The molecule has 0 spiro atoms. The van der Waals surface area contributed by atoms with E-state index in [1.165, 1.54) is 25.7 Å². The Morgan fingerprint density at radius 3 is 2.89 bits per heavy atom. The van der Waals surface area contributed by atoms with Gasteiger partial charge in [0, 0.05) is 18.1 Å². The van der Waals surface area contributed by atoms with Gasteiger partial charge >= 0.3 is 6.01 Å². The van der Waals surface area contributed by atoms with Crippen molar-refractivity contribution in [2.45, 2.75) is 32.2 Å². The van der Waals surface area contributed by atoms with Gasteiger partial charge in [-0.15, -0.1) is 0 Å². The predicted molar refractivity (Wildman–Crippen MR) is 101 cm³/mol. The molecule has 0 bridgehead atoms. The number of hydrogen-bond acceptors (Lipinski definition) is 6. The monoisotopic (exact) mass is 361 g/mol. The lowest BCUT2D eigenvalue weighted by molar-refractivity contribution is 0.412. The van der Waals surface area contributed by atoms with Crippen LogP contribution in [0.25, 0.3) is 21.8 Å². The Morgan fingerprint density at radius 2 is 2.00 bits per heavy atom. The van der Waals surface area contributed by atoms with Crippen LogP contribution in [-0.4, -0.2) is 29.8 Å². The van der Waals surface area contributed by atoms with Crippen molar-refractivity contribution in [2.75, 3.05) is 0 Å². The lowest BCUT2D eigenvalue weighted by Gasteiger charge is -2.10. The molecule has 5 rings (SSSR count). The lowest BCUT2D eigenvalue weighted by Crippen LogP contribution is -2.08. The van der Waals surface area contributed by atoms with E-state index in [4.69, 9.17) is 4.74 Å². The Hall–Kier alpha value is -3.22. The van der Waals surface area contributed by atoms with Crippen molar-refractivity contribution in [1.29, 1.82) is 0 Å². The quantitative estimate of drug-likeness (QED) is 0.590. The Morgan fingerprint density at radius 1 is 1.11 bits per heavy atom. The molecule has 4 aromatic rings. The van der Waals surface area contributed by atoms with Gasteiger partial charge in [-0.2, -0.15) is 15.1 Å². The molecule has 7 heteroatoms. The van der Waals surface area contributed by atoms with Gasteiger partial charge in [-0.05, 0) is 43.0 Å². The van der Waals surface area contributed by atoms with Crippen molar-refractivity contribution in [1.82, 2.24) is 24.7 Å². The molecule has 0 saturated heterocycles. The van der Waals surface area contributed by atoms with Crippen molar-refractivity contribution in [3.05, 3.63) is 42.9 Å². The second kappa shape index (κ2) is 6.50. The standard InChI is InChI=1S/C20H19N5O2/c26-19-16-7-8-21-11-17(16)23-20(24-19)27-15-5-6-18-14(9-15)10-22-25(18)12-13-3-1-2-4-13/h5-11,13H,1-4,12H2,(H,23,24,26). The van der Waals surface area contributed by atoms with Crippen molar-refractivity contribution in [2.24, 2.45) is 5.92 Å². The SMILES string of the molecule is Oc1nc(Oc2ccc3c(cnn3CC3CCCC3)c2)nc2cnccc12. The van der Waals surface area contributed by atoms with E-state index in [9.17, 15) is 5.11 Å². The van der Waals surface area contributed by atoms with E-state index >= 15 is 0 Å². The molecular formula is C20H19N5O2. The molecule has 3 heterocycles. The summed E-state index contributed by atoms with van der Waals surface area (Å²) >= 11 is 0. The molecule has 0 atom stereocenters. The molecule has 7 nitrogen and oxygen atoms in total. The summed E-state index contributed by atoms with van der Waals surface area (Å²) in [4.78, 5) is 12.4. The molecule has 1 aliphatic carbocycles. The zero-order valence-corrected chi connectivity index (χ0v) is 14.7. The summed E-state index contributed by atoms with van der Waals surface area (Å²) in [5.74, 6) is 1.21. The topological polar surface area (TPSA) is 86.0 Å². The minimum absolute atomic E-state index is 0.0886. The molecule has 27 heavy (non-hydrogen) atoms. The van der Waals surface area contributed by atoms with Crippen LogP contribution in [0.5, 0.6) is 17.6 Å². The smallest absolute Gasteiger partial charge is 0.325 e. The number of hydrogen-bond donors (Lipinski definition) is 1. The minimum atomic E-state index is -0.122. The highest BCUT2D eigenvalue weighted by Crippen LogP contribution is 2.30. The van der Waals surface area contributed by atoms with Gasteiger partial charge in [-0.1, -0.05) is 12.8 Å². The van der Waals surface area contributed by atoms with E-state index in [-0.39, 0.29) is 11.9 Å². The van der Waals surface area contributed by atoms with Gasteiger partial charge in [-0.25, -0.2) is 0 Å². The normalized spacial score (nSPS) is 15.0. The third kappa shape index (κ3) is 3.05. The fraction of sp³-hybridized carbons (Fsp3) is 0.300. The van der Waals surface area contributed by atoms with Gasteiger partial charge in [0.15, 0.2) is 0 Å². The van der Waals surface area contributed by atoms with E-state index < -0.39 is 0 Å². The van der Waals surface area contributed by atoms with Crippen molar-refractivity contribution < 1.29 is 9.84 Å². The summed E-state index contributed by atoms with van der Waals surface area (Å²) in [6.45, 7) is 0.971. The Balaban J connectivity index is 1.42. The molecule has 0 unspecified atom stereocenters. The van der Waals surface area contributed by atoms with Crippen LogP contribution in [-0.2, 0) is 6.54 Å². The Labute approximate surface area is 155 Å². The van der Waals surface area contributed by atoms with Gasteiger partial charge in [0.2, 0.25) is 5.88 Å². The van der Waals surface area contributed by atoms with E-state index in [1.807, 2.05) is 24.4 Å². The van der Waals surface area contributed by atoms with E-state index in [0.717, 1.165) is 23.4 Å². The van der Waals surface area contributed by atoms with Gasteiger partial charge in [0.25, 0.3) is 0 Å². The Kier molecular flexibility index (Phi) is 3.85. The molecule has 136 valence electrons. The largest absolute Gasteiger partial charge is 0.493 e. The van der Waals surface area contributed by atoms with Crippen molar-refractivity contribution in [3.63, 3.8) is 0 Å². The van der Waals surface area contributed by atoms with Crippen LogP contribution in [0.2, 0.25) is 0 Å². The first-order valence-corrected chi connectivity index (χ1v) is 9.20. The number of benzene rings is 1. The molecular weight excluding hydrogens is 342 g/mol. The molecule has 1 N–H and O–H groups in total. The highest BCUT2D eigenvalue weighted by Gasteiger charge is 2.17. The third-order valence-corrected chi connectivity index (χ3v) is 5.19. The highest BCUT2D eigenvalue weighted by atomic mass is 16.5. The highest BCUT2D eigenvalue weighted by molar-refractivity contribution is 5.82. The van der Waals surface area contributed by atoms with Crippen LogP contribution < -0.4 is 4.74 Å². The van der Waals surface area contributed by atoms with Crippen LogP contribution in [0.3, 0.4) is 0 Å². The van der Waals surface area contributed by atoms with E-state index in [0.29, 0.717) is 16.7 Å². The molecule has 1 aromatic carbocycles. The number of aromatic hydroxyl groups is 1. The number of aromatic nitrogens is 5. The maximum absolute atomic E-state index is 10.1. The zero-order chi connectivity index (χ0) is 18.2. The molecule has 1 fully saturated rings. The van der Waals surface area contributed by atoms with Crippen LogP contribution in [0.4, 0.5) is 0 Å². The molecule has 0 amide bonds. The number of ether oxygens (including phenoxy) is 1. The minimum Gasteiger partial charge on any atom is -0.493 e. The summed E-state index contributed by atoms with van der Waals surface area (Å²) in [7, 11) is 0. The molecule has 3 aromatic heterocycles. The van der Waals surface area contributed by atoms with E-state index in [2.05, 4.69) is 24.7 Å². The average molecular weight is 361 g/mol. The molecule has 0 aliphatic heterocycles. The zero-order valence-electron chi connectivity index (χ0n) is 14.7. The maximum atomic E-state index is 10.1. The van der Waals surface area contributed by atoms with Crippen LogP contribution in [0.1, 0.15) is 25.7 Å². The molecule has 1 aliphatic rings. The second-order valence-electron chi connectivity index (χ2n) is 7.02. The number of fused-ring (bicyclic) bond motifs is 2. The summed E-state index contributed by atoms with van der Waals surface area (Å²) in [6.07, 6.45) is 10.3. The maximum Gasteiger partial charge on any atom is 0.325 e. The van der Waals surface area contributed by atoms with Gasteiger partial charge < -0.3 is 9.84 Å². The summed E-state index contributed by atoms with van der Waals surface area (Å²) in [5, 5.41) is 16.2. The van der Waals surface area contributed by atoms with Crippen molar-refractivity contribution in [3.8, 4) is 17.6 Å². The molecule has 0 radical (unpaired) electrons. The van der Waals surface area contributed by atoms with Crippen LogP contribution >= 0.6 is 0 Å². The third-order valence-electron chi connectivity index (χ3n) is 5.19. The first kappa shape index (κ1) is 16.0. The fourth-order valence-corrected chi connectivity index (χ4v) is 3.81. The van der Waals surface area contributed by atoms with Crippen molar-refractivity contribution >= 4 is 21.8 Å². The van der Waals surface area contributed by atoms with Gasteiger partial charge in [0.1, 0.15) is 5.75 Å². The van der Waals surface area contributed by atoms with E-state index in [1.54, 1.807) is 18.5 Å². The van der Waals surface area contributed by atoms with Gasteiger partial charge in [0.05, 0.1) is 28.8 Å². The van der Waals surface area contributed by atoms with Crippen LogP contribution in [0.15, 0.2) is 42.9 Å². The number of nitrogens with zero attached hydrogens (tertiary/aromatic N) is 5. The first-order valence-electron chi connectivity index (χ1n) is 9.20. The summed E-state index contributed by atoms with van der Waals surface area (Å²) < 4.78 is 7.85. The van der Waals surface area contributed by atoms with Gasteiger partial charge in [-0.3, -0.25) is 9.67 Å². The first-order chi connectivity index (χ1) is 13.3. The fourth-order valence-electron chi connectivity index (χ4n) is 3.81. The Bertz CT molecular complexity index is 1120. The number of pyridine rings is 1. The average Bonchev–Trinajstić information content (AvgIpc) is 3.32. The molecule has 1 saturated carbocycles. The predicted octanol–water partition coefficient (Wildman–Crippen LogP) is 4.06. The second-order valence-corrected chi connectivity index (χ2v) is 7.02. The van der Waals surface area contributed by atoms with Crippen LogP contribution in [0, 0.1) is 5.92 Å². The summed E-state index contributed by atoms with van der Waals surface area (Å²) in [6, 6.07) is 7.56.